The predicted octanol–water partition coefficient (Wildman–Crippen LogP) is 6.43. The highest BCUT2D eigenvalue weighted by Gasteiger charge is 2.10. The number of hydrogen-bond donors (Lipinski definition) is 0. The molecule has 3 heteroatoms. The first-order chi connectivity index (χ1) is 13.4. The summed E-state index contributed by atoms with van der Waals surface area (Å²) in [5.41, 5.74) is 1.39. The molecule has 1 aromatic carbocycles. The minimum atomic E-state index is 0.258. The van der Waals surface area contributed by atoms with Crippen molar-refractivity contribution in [3.8, 4) is 0 Å². The van der Waals surface area contributed by atoms with Crippen LogP contribution in [0.25, 0.3) is 0 Å². The van der Waals surface area contributed by atoms with Gasteiger partial charge in [0, 0.05) is 25.5 Å². The summed E-state index contributed by atoms with van der Waals surface area (Å²) >= 11 is 0. The van der Waals surface area contributed by atoms with Gasteiger partial charge in [-0.1, -0.05) is 88.6 Å². The Bertz CT molecular complexity index is 553. The molecule has 0 spiro atoms. The van der Waals surface area contributed by atoms with Crippen LogP contribution in [-0.4, -0.2) is 22.3 Å². The van der Waals surface area contributed by atoms with Crippen LogP contribution in [0.1, 0.15) is 76.7 Å². The first-order valence-electron chi connectivity index (χ1n) is 11.0. The fourth-order valence-electron chi connectivity index (χ4n) is 3.49. The van der Waals surface area contributed by atoms with Crippen molar-refractivity contribution in [2.24, 2.45) is 0 Å². The molecule has 3 nitrogen and oxygen atoms in total. The number of benzene rings is 1. The van der Waals surface area contributed by atoms with Gasteiger partial charge in [-0.3, -0.25) is 0 Å². The second-order valence-electron chi connectivity index (χ2n) is 7.60. The van der Waals surface area contributed by atoms with Gasteiger partial charge in [-0.15, -0.1) is 0 Å². The molecule has 1 atom stereocenters. The van der Waals surface area contributed by atoms with E-state index in [1.807, 2.05) is 18.7 Å². The zero-order valence-electron chi connectivity index (χ0n) is 17.2. The zero-order chi connectivity index (χ0) is 19.0. The average Bonchev–Trinajstić information content (AvgIpc) is 3.21. The molecule has 0 aliphatic heterocycles. The third-order valence-electron chi connectivity index (χ3n) is 5.17. The van der Waals surface area contributed by atoms with Gasteiger partial charge >= 0.3 is 0 Å². The van der Waals surface area contributed by atoms with Gasteiger partial charge in [0.25, 0.3) is 0 Å². The van der Waals surface area contributed by atoms with Crippen molar-refractivity contribution >= 4 is 0 Å². The number of aryl methyl sites for hydroxylation is 1. The first-order valence-corrected chi connectivity index (χ1v) is 11.0. The van der Waals surface area contributed by atoms with E-state index in [-0.39, 0.29) is 6.10 Å². The fourth-order valence-corrected chi connectivity index (χ4v) is 3.49. The van der Waals surface area contributed by atoms with Crippen LogP contribution in [0, 0.1) is 0 Å². The Hall–Kier alpha value is -1.61. The van der Waals surface area contributed by atoms with E-state index in [0.717, 1.165) is 26.0 Å². The Morgan fingerprint density at radius 2 is 1.63 bits per heavy atom. The Labute approximate surface area is 166 Å². The highest BCUT2D eigenvalue weighted by atomic mass is 16.5. The van der Waals surface area contributed by atoms with Gasteiger partial charge in [0.1, 0.15) is 0 Å². The summed E-state index contributed by atoms with van der Waals surface area (Å²) < 4.78 is 8.38. The Balaban J connectivity index is 1.60. The quantitative estimate of drug-likeness (QED) is 0.318. The third kappa shape index (κ3) is 10.3. The monoisotopic (exact) mass is 370 g/mol. The topological polar surface area (TPSA) is 27.1 Å². The molecule has 0 radical (unpaired) electrons. The van der Waals surface area contributed by atoms with Gasteiger partial charge in [-0.25, -0.2) is 4.98 Å². The van der Waals surface area contributed by atoms with Gasteiger partial charge in [0.15, 0.2) is 0 Å². The SMILES string of the molecule is CCCCCCCCCCCOC(CCc1ccccc1)Cn1ccnc1. The number of rotatable bonds is 16. The molecule has 1 heterocycles. The summed E-state index contributed by atoms with van der Waals surface area (Å²) in [7, 11) is 0. The van der Waals surface area contributed by atoms with Crippen LogP contribution < -0.4 is 0 Å². The van der Waals surface area contributed by atoms with Crippen molar-refractivity contribution in [1.29, 1.82) is 0 Å². The summed E-state index contributed by atoms with van der Waals surface area (Å²) in [6, 6.07) is 10.7. The lowest BCUT2D eigenvalue weighted by atomic mass is 10.1. The van der Waals surface area contributed by atoms with Gasteiger partial charge in [-0.2, -0.15) is 0 Å². The largest absolute Gasteiger partial charge is 0.376 e. The van der Waals surface area contributed by atoms with Crippen molar-refractivity contribution in [1.82, 2.24) is 9.55 Å². The van der Waals surface area contributed by atoms with Crippen LogP contribution in [0.3, 0.4) is 0 Å². The summed E-state index contributed by atoms with van der Waals surface area (Å²) in [6.45, 7) is 4.05. The number of unbranched alkanes of at least 4 members (excludes halogenated alkanes) is 8. The lowest BCUT2D eigenvalue weighted by Crippen LogP contribution is -2.21. The van der Waals surface area contributed by atoms with Crippen LogP contribution >= 0.6 is 0 Å². The standard InChI is InChI=1S/C24H38N2O/c1-2-3-4-5-6-7-8-9-13-20-27-24(21-26-19-18-25-22-26)17-16-23-14-11-10-12-15-23/h10-12,14-15,18-19,22,24H,2-9,13,16-17,20-21H2,1H3. The van der Waals surface area contributed by atoms with E-state index in [2.05, 4.69) is 46.8 Å². The molecule has 0 fully saturated rings. The minimum absolute atomic E-state index is 0.258. The lowest BCUT2D eigenvalue weighted by Gasteiger charge is -2.18. The van der Waals surface area contributed by atoms with Crippen molar-refractivity contribution in [2.75, 3.05) is 6.61 Å². The van der Waals surface area contributed by atoms with Crippen molar-refractivity contribution in [3.05, 3.63) is 54.6 Å². The summed E-state index contributed by atoms with van der Waals surface area (Å²) in [5, 5.41) is 0. The van der Waals surface area contributed by atoms with Gasteiger partial charge in [0.05, 0.1) is 12.4 Å². The second-order valence-corrected chi connectivity index (χ2v) is 7.60. The molecular formula is C24H38N2O. The number of imidazole rings is 1. The number of hydrogen-bond acceptors (Lipinski definition) is 2. The molecule has 0 N–H and O–H groups in total. The second kappa shape index (κ2) is 14.4. The van der Waals surface area contributed by atoms with Gasteiger partial charge in [-0.05, 0) is 24.8 Å². The van der Waals surface area contributed by atoms with Gasteiger partial charge < -0.3 is 9.30 Å². The first kappa shape index (κ1) is 21.7. The Morgan fingerprint density at radius 1 is 0.926 bits per heavy atom. The molecule has 0 bridgehead atoms. The Morgan fingerprint density at radius 3 is 2.30 bits per heavy atom. The maximum absolute atomic E-state index is 6.25. The van der Waals surface area contributed by atoms with Crippen LogP contribution in [0.15, 0.2) is 49.1 Å². The van der Waals surface area contributed by atoms with E-state index in [1.54, 1.807) is 0 Å². The minimum Gasteiger partial charge on any atom is -0.376 e. The average molecular weight is 371 g/mol. The van der Waals surface area contributed by atoms with E-state index in [9.17, 15) is 0 Å². The fraction of sp³-hybridized carbons (Fsp3) is 0.625. The normalized spacial score (nSPS) is 12.3. The van der Waals surface area contributed by atoms with E-state index in [1.165, 1.54) is 63.4 Å². The van der Waals surface area contributed by atoms with Gasteiger partial charge in [0.2, 0.25) is 0 Å². The molecule has 0 amide bonds. The maximum atomic E-state index is 6.25. The predicted molar refractivity (Wildman–Crippen MR) is 114 cm³/mol. The molecule has 0 aliphatic rings. The molecular weight excluding hydrogens is 332 g/mol. The molecule has 0 aliphatic carbocycles. The van der Waals surface area contributed by atoms with E-state index >= 15 is 0 Å². The summed E-state index contributed by atoms with van der Waals surface area (Å²) in [5.74, 6) is 0. The molecule has 0 saturated carbocycles. The molecule has 2 rings (SSSR count). The van der Waals surface area contributed by atoms with E-state index < -0.39 is 0 Å². The summed E-state index contributed by atoms with van der Waals surface area (Å²) in [6.07, 6.45) is 20.3. The zero-order valence-corrected chi connectivity index (χ0v) is 17.2. The van der Waals surface area contributed by atoms with Crippen LogP contribution in [0.4, 0.5) is 0 Å². The van der Waals surface area contributed by atoms with Crippen LogP contribution in [0.5, 0.6) is 0 Å². The molecule has 1 unspecified atom stereocenters. The van der Waals surface area contributed by atoms with Crippen LogP contribution in [0.2, 0.25) is 0 Å². The van der Waals surface area contributed by atoms with Crippen molar-refractivity contribution < 1.29 is 4.74 Å². The lowest BCUT2D eigenvalue weighted by molar-refractivity contribution is 0.0336. The highest BCUT2D eigenvalue weighted by Crippen LogP contribution is 2.12. The highest BCUT2D eigenvalue weighted by molar-refractivity contribution is 5.14. The molecule has 2 aromatic rings. The van der Waals surface area contributed by atoms with E-state index in [4.69, 9.17) is 4.74 Å². The maximum Gasteiger partial charge on any atom is 0.0946 e. The van der Waals surface area contributed by atoms with Crippen LogP contribution in [-0.2, 0) is 17.7 Å². The molecule has 1 aromatic heterocycles. The Kier molecular flexibility index (Phi) is 11.6. The third-order valence-corrected chi connectivity index (χ3v) is 5.17. The number of ether oxygens (including phenoxy) is 1. The number of aromatic nitrogens is 2. The molecule has 27 heavy (non-hydrogen) atoms. The molecule has 150 valence electrons. The van der Waals surface area contributed by atoms with E-state index in [0.29, 0.717) is 0 Å². The summed E-state index contributed by atoms with van der Waals surface area (Å²) in [4.78, 5) is 4.16. The smallest absolute Gasteiger partial charge is 0.0946 e. The van der Waals surface area contributed by atoms with Crippen molar-refractivity contribution in [3.63, 3.8) is 0 Å². The van der Waals surface area contributed by atoms with Crippen molar-refractivity contribution in [2.45, 2.75) is 90.2 Å². The molecule has 0 saturated heterocycles. The number of nitrogens with zero attached hydrogens (tertiary/aromatic N) is 2.